The van der Waals surface area contributed by atoms with Crippen molar-refractivity contribution in [3.63, 3.8) is 0 Å². The topological polar surface area (TPSA) is 38.7 Å². The molecule has 0 atom stereocenters. The second-order valence-corrected chi connectivity index (χ2v) is 14.0. The molecule has 0 fully saturated rings. The van der Waals surface area contributed by atoms with Crippen LogP contribution < -0.4 is 0 Å². The van der Waals surface area contributed by atoms with E-state index < -0.39 is 0 Å². The number of allylic oxidation sites excluding steroid dienone is 1. The van der Waals surface area contributed by atoms with Crippen LogP contribution in [0, 0.1) is 0 Å². The third-order valence-corrected chi connectivity index (χ3v) is 10.6. The number of aryl methyl sites for hydroxylation is 1. The van der Waals surface area contributed by atoms with Gasteiger partial charge in [0.15, 0.2) is 5.82 Å². The van der Waals surface area contributed by atoms with E-state index in [1.54, 1.807) is 0 Å². The van der Waals surface area contributed by atoms with E-state index in [1.807, 2.05) is 12.4 Å². The lowest BCUT2D eigenvalue weighted by Gasteiger charge is -2.13. The number of pyridine rings is 1. The molecule has 254 valence electrons. The van der Waals surface area contributed by atoms with Crippen LogP contribution in [0.3, 0.4) is 0 Å². The summed E-state index contributed by atoms with van der Waals surface area (Å²) in [4.78, 5) is 15.0. The van der Waals surface area contributed by atoms with Gasteiger partial charge in [0.2, 0.25) is 0 Å². The first-order valence-corrected chi connectivity index (χ1v) is 18.5. The molecule has 0 unspecified atom stereocenters. The molecule has 3 nitrogen and oxygen atoms in total. The number of hydrogen-bond acceptors (Lipinski definition) is 3. The second-order valence-electron chi connectivity index (χ2n) is 14.0. The molecule has 0 spiro atoms. The third kappa shape index (κ3) is 6.06. The Hall–Kier alpha value is -6.97. The number of hydrogen-bond donors (Lipinski definition) is 0. The molecule has 0 amide bonds. The van der Waals surface area contributed by atoms with Gasteiger partial charge in [0.05, 0.1) is 11.4 Å². The number of rotatable bonds is 6. The van der Waals surface area contributed by atoms with Gasteiger partial charge in [-0.15, -0.1) is 0 Å². The zero-order chi connectivity index (χ0) is 35.8. The summed E-state index contributed by atoms with van der Waals surface area (Å²) in [5, 5.41) is 4.77. The minimum Gasteiger partial charge on any atom is -0.263 e. The molecule has 0 radical (unpaired) electrons. The van der Waals surface area contributed by atoms with Crippen molar-refractivity contribution < 1.29 is 0 Å². The van der Waals surface area contributed by atoms with Gasteiger partial charge in [-0.25, -0.2) is 9.97 Å². The van der Waals surface area contributed by atoms with E-state index in [1.165, 1.54) is 44.0 Å². The van der Waals surface area contributed by atoms with Gasteiger partial charge in [-0.2, -0.15) is 0 Å². The van der Waals surface area contributed by atoms with E-state index in [4.69, 9.17) is 9.97 Å². The van der Waals surface area contributed by atoms with E-state index in [0.717, 1.165) is 63.0 Å². The van der Waals surface area contributed by atoms with Gasteiger partial charge in [0.25, 0.3) is 0 Å². The first-order valence-electron chi connectivity index (χ1n) is 18.5. The molecule has 10 rings (SSSR count). The first-order chi connectivity index (χ1) is 26.7. The van der Waals surface area contributed by atoms with Gasteiger partial charge in [-0.3, -0.25) is 4.98 Å². The van der Waals surface area contributed by atoms with Crippen LogP contribution in [-0.4, -0.2) is 15.0 Å². The Morgan fingerprint density at radius 1 is 0.407 bits per heavy atom. The fourth-order valence-corrected chi connectivity index (χ4v) is 7.69. The number of aromatic nitrogens is 3. The molecular weight excluding hydrogens is 655 g/mol. The molecule has 9 aromatic rings. The zero-order valence-corrected chi connectivity index (χ0v) is 29.7. The van der Waals surface area contributed by atoms with Gasteiger partial charge < -0.3 is 0 Å². The third-order valence-electron chi connectivity index (χ3n) is 10.6. The first kappa shape index (κ1) is 31.7. The van der Waals surface area contributed by atoms with Crippen LogP contribution in [0.4, 0.5) is 0 Å². The maximum Gasteiger partial charge on any atom is 0.160 e. The summed E-state index contributed by atoms with van der Waals surface area (Å²) in [6.07, 6.45) is 10.6. The summed E-state index contributed by atoms with van der Waals surface area (Å²) in [5.74, 6) is 0.693. The highest BCUT2D eigenvalue weighted by atomic mass is 14.9. The Morgan fingerprint density at radius 3 is 1.85 bits per heavy atom. The lowest BCUT2D eigenvalue weighted by molar-refractivity contribution is 0.986. The predicted octanol–water partition coefficient (Wildman–Crippen LogP) is 13.1. The molecule has 0 aliphatic heterocycles. The van der Waals surface area contributed by atoms with Crippen LogP contribution in [-0.2, 0) is 6.42 Å². The van der Waals surface area contributed by atoms with Crippen LogP contribution in [0.1, 0.15) is 17.5 Å². The molecule has 0 saturated carbocycles. The van der Waals surface area contributed by atoms with Gasteiger partial charge in [0, 0.05) is 40.0 Å². The van der Waals surface area contributed by atoms with Crippen LogP contribution in [0.2, 0.25) is 0 Å². The summed E-state index contributed by atoms with van der Waals surface area (Å²) >= 11 is 0. The second kappa shape index (κ2) is 13.5. The normalized spacial score (nSPS) is 12.2. The molecule has 7 aromatic carbocycles. The highest BCUT2D eigenvalue weighted by molar-refractivity contribution is 5.96. The Bertz CT molecular complexity index is 2860. The average molecular weight is 690 g/mol. The fourth-order valence-electron chi connectivity index (χ4n) is 7.69. The smallest absolute Gasteiger partial charge is 0.160 e. The lowest BCUT2D eigenvalue weighted by atomic mass is 9.93. The molecule has 0 N–H and O–H groups in total. The van der Waals surface area contributed by atoms with E-state index in [-0.39, 0.29) is 0 Å². The summed E-state index contributed by atoms with van der Waals surface area (Å²) in [6, 6.07) is 58.5. The summed E-state index contributed by atoms with van der Waals surface area (Å²) in [5.41, 5.74) is 14.5. The van der Waals surface area contributed by atoms with Crippen molar-refractivity contribution in [1.29, 1.82) is 0 Å². The van der Waals surface area contributed by atoms with Crippen LogP contribution in [0.25, 0.3) is 94.9 Å². The Balaban J connectivity index is 1.05. The van der Waals surface area contributed by atoms with Crippen molar-refractivity contribution in [2.24, 2.45) is 0 Å². The predicted molar refractivity (Wildman–Crippen MR) is 225 cm³/mol. The molecule has 3 heteroatoms. The number of nitrogens with zero attached hydrogens (tertiary/aromatic N) is 3. The van der Waals surface area contributed by atoms with Crippen molar-refractivity contribution in [2.75, 3.05) is 0 Å². The zero-order valence-electron chi connectivity index (χ0n) is 29.7. The van der Waals surface area contributed by atoms with Crippen molar-refractivity contribution in [3.05, 3.63) is 193 Å². The van der Waals surface area contributed by atoms with Crippen LogP contribution >= 0.6 is 0 Å². The molecule has 2 aromatic heterocycles. The van der Waals surface area contributed by atoms with Gasteiger partial charge in [-0.05, 0) is 92.2 Å². The lowest BCUT2D eigenvalue weighted by Crippen LogP contribution is -1.96. The Morgan fingerprint density at radius 2 is 1.04 bits per heavy atom. The summed E-state index contributed by atoms with van der Waals surface area (Å²) in [7, 11) is 0. The van der Waals surface area contributed by atoms with E-state index in [0.29, 0.717) is 5.82 Å². The Kier molecular flexibility index (Phi) is 7.96. The quantitative estimate of drug-likeness (QED) is 0.174. The van der Waals surface area contributed by atoms with Gasteiger partial charge in [-0.1, -0.05) is 152 Å². The standard InChI is InChI=1S/C51H35N3/c1-3-10-40-28-43(26-18-34(40)8-1)36-16-22-38(23-17-36)49-31-50(39-24-20-37(21-25-39)48-33-52-32-46-12-5-6-15-47(46)48)54-51(53-49)45-14-7-13-42(30-45)44-27-19-35-9-2-4-11-41(35)29-44/h2-7,9-33H,1,8H2. The minimum absolute atomic E-state index is 0.693. The average Bonchev–Trinajstić information content (AvgIpc) is 3.26. The molecule has 2 heterocycles. The van der Waals surface area contributed by atoms with Crippen molar-refractivity contribution in [2.45, 2.75) is 12.8 Å². The minimum atomic E-state index is 0.693. The number of benzene rings is 7. The maximum absolute atomic E-state index is 5.21. The van der Waals surface area contributed by atoms with Gasteiger partial charge in [0.1, 0.15) is 0 Å². The summed E-state index contributed by atoms with van der Waals surface area (Å²) in [6.45, 7) is 0. The van der Waals surface area contributed by atoms with E-state index in [9.17, 15) is 0 Å². The number of fused-ring (bicyclic) bond motifs is 3. The molecular formula is C51H35N3. The van der Waals surface area contributed by atoms with Crippen molar-refractivity contribution >= 4 is 27.6 Å². The van der Waals surface area contributed by atoms with Crippen molar-refractivity contribution in [3.8, 4) is 67.3 Å². The molecule has 0 bridgehead atoms. The van der Waals surface area contributed by atoms with Crippen molar-refractivity contribution in [1.82, 2.24) is 15.0 Å². The maximum atomic E-state index is 5.21. The van der Waals surface area contributed by atoms with Crippen LogP contribution in [0.5, 0.6) is 0 Å². The fraction of sp³-hybridized carbons (Fsp3) is 0.0392. The molecule has 54 heavy (non-hydrogen) atoms. The van der Waals surface area contributed by atoms with Crippen LogP contribution in [0.15, 0.2) is 182 Å². The largest absolute Gasteiger partial charge is 0.263 e. The van der Waals surface area contributed by atoms with E-state index in [2.05, 4.69) is 181 Å². The highest BCUT2D eigenvalue weighted by Crippen LogP contribution is 2.34. The van der Waals surface area contributed by atoms with E-state index >= 15 is 0 Å². The monoisotopic (exact) mass is 689 g/mol. The van der Waals surface area contributed by atoms with Gasteiger partial charge >= 0.3 is 0 Å². The molecule has 1 aliphatic carbocycles. The Labute approximate surface area is 315 Å². The SMILES string of the molecule is C1=Cc2cc(-c3ccc(-c4cc(-c5ccc(-c6cncc7ccccc67)cc5)nc(-c5cccc(-c6ccc7ccccc7c6)c5)n4)cc3)ccc2CC1. The summed E-state index contributed by atoms with van der Waals surface area (Å²) < 4.78 is 0. The molecule has 0 saturated heterocycles. The highest BCUT2D eigenvalue weighted by Gasteiger charge is 2.14. The molecule has 1 aliphatic rings.